The van der Waals surface area contributed by atoms with Crippen molar-refractivity contribution in [3.63, 3.8) is 0 Å². The van der Waals surface area contributed by atoms with Crippen molar-refractivity contribution in [2.45, 2.75) is 6.92 Å². The lowest BCUT2D eigenvalue weighted by Crippen LogP contribution is -1.88. The third kappa shape index (κ3) is 1.94. The molecular formula is C11H12N2OS. The largest absolute Gasteiger partial charge is 0.497 e. The molecule has 0 fully saturated rings. The van der Waals surface area contributed by atoms with Gasteiger partial charge in [-0.25, -0.2) is 4.98 Å². The van der Waals surface area contributed by atoms with Crippen molar-refractivity contribution < 1.29 is 4.74 Å². The summed E-state index contributed by atoms with van der Waals surface area (Å²) >= 11 is 1.45. The number of methoxy groups -OCH3 is 1. The molecule has 2 N–H and O–H groups in total. The Kier molecular flexibility index (Phi) is 2.60. The fourth-order valence-corrected chi connectivity index (χ4v) is 2.02. The zero-order chi connectivity index (χ0) is 10.8. The van der Waals surface area contributed by atoms with Gasteiger partial charge in [0.1, 0.15) is 5.75 Å². The van der Waals surface area contributed by atoms with Gasteiger partial charge in [-0.1, -0.05) is 0 Å². The fourth-order valence-electron chi connectivity index (χ4n) is 1.46. The van der Waals surface area contributed by atoms with Gasteiger partial charge >= 0.3 is 0 Å². The van der Waals surface area contributed by atoms with Crippen LogP contribution in [0, 0.1) is 6.92 Å². The van der Waals surface area contributed by atoms with Crippen molar-refractivity contribution in [3.8, 4) is 17.0 Å². The van der Waals surface area contributed by atoms with E-state index in [2.05, 4.69) is 4.98 Å². The van der Waals surface area contributed by atoms with E-state index in [0.29, 0.717) is 5.13 Å². The van der Waals surface area contributed by atoms with Gasteiger partial charge in [0.05, 0.1) is 12.8 Å². The van der Waals surface area contributed by atoms with Gasteiger partial charge in [0.15, 0.2) is 5.13 Å². The predicted octanol–water partition coefficient (Wildman–Crippen LogP) is 2.71. The van der Waals surface area contributed by atoms with Crippen LogP contribution in [0.4, 0.5) is 5.13 Å². The third-order valence-corrected chi connectivity index (χ3v) is 2.91. The second-order valence-corrected chi connectivity index (χ2v) is 4.14. The molecule has 3 nitrogen and oxygen atoms in total. The number of nitrogens with zero attached hydrogens (tertiary/aromatic N) is 1. The number of nitrogens with two attached hydrogens (primary N) is 1. The second kappa shape index (κ2) is 3.90. The zero-order valence-electron chi connectivity index (χ0n) is 8.65. The van der Waals surface area contributed by atoms with E-state index in [0.717, 1.165) is 22.6 Å². The molecule has 1 aromatic heterocycles. The Bertz CT molecular complexity index is 479. The van der Waals surface area contributed by atoms with Gasteiger partial charge in [0, 0.05) is 10.9 Å². The summed E-state index contributed by atoms with van der Waals surface area (Å²) in [5, 5.41) is 2.56. The van der Waals surface area contributed by atoms with Gasteiger partial charge in [0.2, 0.25) is 0 Å². The molecular weight excluding hydrogens is 208 g/mol. The van der Waals surface area contributed by atoms with E-state index in [1.807, 2.05) is 30.5 Å². The Balaban J connectivity index is 2.45. The number of anilines is 1. The van der Waals surface area contributed by atoms with E-state index < -0.39 is 0 Å². The van der Waals surface area contributed by atoms with E-state index in [9.17, 15) is 0 Å². The highest BCUT2D eigenvalue weighted by Crippen LogP contribution is 2.28. The number of aromatic nitrogens is 1. The first-order valence-corrected chi connectivity index (χ1v) is 5.44. The molecule has 0 saturated carbocycles. The number of thiazole rings is 1. The van der Waals surface area contributed by atoms with Crippen LogP contribution in [0.3, 0.4) is 0 Å². The second-order valence-electron chi connectivity index (χ2n) is 3.25. The molecule has 78 valence electrons. The summed E-state index contributed by atoms with van der Waals surface area (Å²) in [6, 6.07) is 5.92. The summed E-state index contributed by atoms with van der Waals surface area (Å²) < 4.78 is 5.15. The molecule has 0 spiro atoms. The minimum atomic E-state index is 0.597. The van der Waals surface area contributed by atoms with Crippen molar-refractivity contribution >= 4 is 16.5 Å². The highest BCUT2D eigenvalue weighted by atomic mass is 32.1. The number of hydrogen-bond donors (Lipinski definition) is 1. The Morgan fingerprint density at radius 3 is 2.73 bits per heavy atom. The Labute approximate surface area is 92.5 Å². The third-order valence-electron chi connectivity index (χ3n) is 2.23. The van der Waals surface area contributed by atoms with E-state index in [1.165, 1.54) is 11.3 Å². The zero-order valence-corrected chi connectivity index (χ0v) is 9.47. The van der Waals surface area contributed by atoms with Crippen LogP contribution in [-0.4, -0.2) is 12.1 Å². The smallest absolute Gasteiger partial charge is 0.180 e. The molecule has 0 aliphatic rings. The molecule has 0 saturated heterocycles. The van der Waals surface area contributed by atoms with Gasteiger partial charge in [0.25, 0.3) is 0 Å². The Hall–Kier alpha value is -1.55. The van der Waals surface area contributed by atoms with Crippen LogP contribution in [0.2, 0.25) is 0 Å². The lowest BCUT2D eigenvalue weighted by molar-refractivity contribution is 0.414. The molecule has 15 heavy (non-hydrogen) atoms. The van der Waals surface area contributed by atoms with Crippen LogP contribution in [0.15, 0.2) is 23.6 Å². The molecule has 0 unspecified atom stereocenters. The average molecular weight is 220 g/mol. The van der Waals surface area contributed by atoms with Crippen molar-refractivity contribution in [1.29, 1.82) is 0 Å². The molecule has 0 radical (unpaired) electrons. The number of rotatable bonds is 2. The van der Waals surface area contributed by atoms with E-state index in [4.69, 9.17) is 10.5 Å². The molecule has 0 aliphatic heterocycles. The summed E-state index contributed by atoms with van der Waals surface area (Å²) in [7, 11) is 1.66. The van der Waals surface area contributed by atoms with Gasteiger partial charge in [-0.05, 0) is 30.7 Å². The molecule has 0 aliphatic carbocycles. The van der Waals surface area contributed by atoms with E-state index >= 15 is 0 Å². The molecule has 2 aromatic rings. The van der Waals surface area contributed by atoms with Crippen LogP contribution >= 0.6 is 11.3 Å². The highest BCUT2D eigenvalue weighted by Gasteiger charge is 2.06. The first kappa shape index (κ1) is 9.98. The molecule has 1 heterocycles. The Morgan fingerprint density at radius 2 is 2.20 bits per heavy atom. The van der Waals surface area contributed by atoms with Crippen LogP contribution < -0.4 is 10.5 Å². The predicted molar refractivity (Wildman–Crippen MR) is 63.3 cm³/mol. The molecule has 0 amide bonds. The van der Waals surface area contributed by atoms with Gasteiger partial charge < -0.3 is 10.5 Å². The number of nitrogen functional groups attached to an aromatic ring is 1. The number of aryl methyl sites for hydroxylation is 1. The monoisotopic (exact) mass is 220 g/mol. The summed E-state index contributed by atoms with van der Waals surface area (Å²) in [5.74, 6) is 0.861. The minimum Gasteiger partial charge on any atom is -0.497 e. The van der Waals surface area contributed by atoms with Crippen LogP contribution in [-0.2, 0) is 0 Å². The van der Waals surface area contributed by atoms with Crippen molar-refractivity contribution in [3.05, 3.63) is 29.1 Å². The quantitative estimate of drug-likeness (QED) is 0.846. The summed E-state index contributed by atoms with van der Waals surface area (Å²) in [4.78, 5) is 4.25. The fraction of sp³-hybridized carbons (Fsp3) is 0.182. The molecule has 4 heteroatoms. The van der Waals surface area contributed by atoms with Crippen molar-refractivity contribution in [2.24, 2.45) is 0 Å². The average Bonchev–Trinajstić information content (AvgIpc) is 2.64. The van der Waals surface area contributed by atoms with Gasteiger partial charge in [-0.2, -0.15) is 0 Å². The minimum absolute atomic E-state index is 0.597. The standard InChI is InChI=1S/C11H12N2OS/c1-7-5-8(14-2)3-4-9(7)10-6-15-11(12)13-10/h3-6H,1-2H3,(H2,12,13). The number of benzene rings is 1. The van der Waals surface area contributed by atoms with E-state index in [-0.39, 0.29) is 0 Å². The first-order chi connectivity index (χ1) is 7.20. The maximum Gasteiger partial charge on any atom is 0.180 e. The molecule has 1 aromatic carbocycles. The molecule has 2 rings (SSSR count). The maximum absolute atomic E-state index is 5.60. The molecule has 0 atom stereocenters. The summed E-state index contributed by atoms with van der Waals surface area (Å²) in [5.41, 5.74) is 8.77. The summed E-state index contributed by atoms with van der Waals surface area (Å²) in [6.45, 7) is 2.04. The lowest BCUT2D eigenvalue weighted by atomic mass is 10.1. The molecule has 0 bridgehead atoms. The van der Waals surface area contributed by atoms with Crippen LogP contribution in [0.5, 0.6) is 5.75 Å². The van der Waals surface area contributed by atoms with Gasteiger partial charge in [-0.3, -0.25) is 0 Å². The van der Waals surface area contributed by atoms with Crippen molar-refractivity contribution in [2.75, 3.05) is 12.8 Å². The SMILES string of the molecule is COc1ccc(-c2csc(N)n2)c(C)c1. The summed E-state index contributed by atoms with van der Waals surface area (Å²) in [6.07, 6.45) is 0. The Morgan fingerprint density at radius 1 is 1.40 bits per heavy atom. The highest BCUT2D eigenvalue weighted by molar-refractivity contribution is 7.13. The number of ether oxygens (including phenoxy) is 1. The number of hydrogen-bond acceptors (Lipinski definition) is 4. The van der Waals surface area contributed by atoms with Crippen LogP contribution in [0.1, 0.15) is 5.56 Å². The van der Waals surface area contributed by atoms with Crippen LogP contribution in [0.25, 0.3) is 11.3 Å². The van der Waals surface area contributed by atoms with E-state index in [1.54, 1.807) is 7.11 Å². The first-order valence-electron chi connectivity index (χ1n) is 4.56. The van der Waals surface area contributed by atoms with Gasteiger partial charge in [-0.15, -0.1) is 11.3 Å². The maximum atomic E-state index is 5.60. The topological polar surface area (TPSA) is 48.1 Å². The van der Waals surface area contributed by atoms with Crippen molar-refractivity contribution in [1.82, 2.24) is 4.98 Å². The lowest BCUT2D eigenvalue weighted by Gasteiger charge is -2.05. The normalized spacial score (nSPS) is 10.3.